The van der Waals surface area contributed by atoms with Gasteiger partial charge in [0.1, 0.15) is 19.8 Å². The quantitative estimate of drug-likeness (QED) is 0.0149. The van der Waals surface area contributed by atoms with E-state index in [0.717, 1.165) is 77.0 Å². The van der Waals surface area contributed by atoms with E-state index >= 15 is 0 Å². The number of quaternary nitrogens is 1. The van der Waals surface area contributed by atoms with Crippen molar-refractivity contribution in [3.05, 3.63) is 48.6 Å². The molecule has 0 spiro atoms. The molecule has 0 bridgehead atoms. The Hall–Kier alpha value is -2.07. The van der Waals surface area contributed by atoms with Crippen LogP contribution >= 0.6 is 7.82 Å². The molecular weight excluding hydrogens is 741 g/mol. The number of phosphoric ester groups is 1. The van der Waals surface area contributed by atoms with Gasteiger partial charge in [-0.05, 0) is 77.0 Å². The van der Waals surface area contributed by atoms with Crippen LogP contribution in [0.5, 0.6) is 0 Å². The lowest BCUT2D eigenvalue weighted by Crippen LogP contribution is -2.37. The highest BCUT2D eigenvalue weighted by Gasteiger charge is 2.36. The van der Waals surface area contributed by atoms with Gasteiger partial charge in [-0.15, -0.1) is 0 Å². The van der Waals surface area contributed by atoms with Gasteiger partial charge in [-0.1, -0.05) is 127 Å². The summed E-state index contributed by atoms with van der Waals surface area (Å²) in [6, 6.07) is 0. The molecule has 0 radical (unpaired) electrons. The lowest BCUT2D eigenvalue weighted by Gasteiger charge is -2.28. The summed E-state index contributed by atoms with van der Waals surface area (Å²) in [6.45, 7) is 4.11. The van der Waals surface area contributed by atoms with E-state index in [4.69, 9.17) is 23.3 Å². The van der Waals surface area contributed by atoms with Crippen molar-refractivity contribution in [3.63, 3.8) is 0 Å². The molecule has 4 atom stereocenters. The van der Waals surface area contributed by atoms with Crippen LogP contribution in [0.25, 0.3) is 0 Å². The summed E-state index contributed by atoms with van der Waals surface area (Å²) in [5.41, 5.74) is 0. The summed E-state index contributed by atoms with van der Waals surface area (Å²) in [5, 5.41) is 0. The van der Waals surface area contributed by atoms with Crippen molar-refractivity contribution in [1.82, 2.24) is 0 Å². The third-order valence-corrected chi connectivity index (χ3v) is 10.7. The van der Waals surface area contributed by atoms with E-state index in [1.54, 1.807) is 0 Å². The summed E-state index contributed by atoms with van der Waals surface area (Å²) in [5.74, 6) is -0.884. The maximum Gasteiger partial charge on any atom is 0.306 e. The predicted molar refractivity (Wildman–Crippen MR) is 231 cm³/mol. The Morgan fingerprint density at radius 1 is 0.649 bits per heavy atom. The molecular formula is C46H82NO9P. The molecule has 0 amide bonds. The van der Waals surface area contributed by atoms with Crippen LogP contribution in [0.4, 0.5) is 0 Å². The smallest absolute Gasteiger partial charge is 0.306 e. The first-order valence-electron chi connectivity index (χ1n) is 22.5. The van der Waals surface area contributed by atoms with E-state index in [-0.39, 0.29) is 26.1 Å². The third-order valence-electron chi connectivity index (χ3n) is 9.75. The van der Waals surface area contributed by atoms with Gasteiger partial charge in [-0.2, -0.15) is 0 Å². The average Bonchev–Trinajstić information content (AvgIpc) is 3.91. The maximum atomic E-state index is 12.7. The highest BCUT2D eigenvalue weighted by molar-refractivity contribution is 7.45. The first-order valence-corrected chi connectivity index (χ1v) is 23.9. The summed E-state index contributed by atoms with van der Waals surface area (Å²) >= 11 is 0. The van der Waals surface area contributed by atoms with Gasteiger partial charge in [0, 0.05) is 12.8 Å². The second kappa shape index (κ2) is 34.8. The minimum absolute atomic E-state index is 0.0416. The van der Waals surface area contributed by atoms with Gasteiger partial charge in [0.2, 0.25) is 0 Å². The fourth-order valence-corrected chi connectivity index (χ4v) is 6.81. The number of nitrogens with zero attached hydrogens (tertiary/aromatic N) is 1. The number of carbonyl (C=O) groups excluding carboxylic acids is 2. The lowest BCUT2D eigenvalue weighted by atomic mass is 10.1. The van der Waals surface area contributed by atoms with Gasteiger partial charge in [0.25, 0.3) is 7.82 Å². The minimum Gasteiger partial charge on any atom is -0.756 e. The van der Waals surface area contributed by atoms with Crippen molar-refractivity contribution < 1.29 is 46.8 Å². The van der Waals surface area contributed by atoms with Crippen LogP contribution in [0.2, 0.25) is 0 Å². The number of hydrogen-bond donors (Lipinski definition) is 0. The molecule has 0 aliphatic carbocycles. The molecule has 1 aliphatic heterocycles. The van der Waals surface area contributed by atoms with Crippen molar-refractivity contribution >= 4 is 19.8 Å². The van der Waals surface area contributed by atoms with E-state index in [9.17, 15) is 19.0 Å². The molecule has 3 unspecified atom stereocenters. The Kier molecular flexibility index (Phi) is 32.3. The SMILES string of the molecule is CCCCC/C=C\C/C=C\C/C=C\CCCCCCC(=O)OC[C@H](COP(=O)([O-])OCC[N+](C)(C)C)OC(=O)CCCCCCC/C=C\CC1OC1CCCCC. The number of epoxide rings is 1. The van der Waals surface area contributed by atoms with E-state index in [2.05, 4.69) is 62.5 Å². The largest absolute Gasteiger partial charge is 0.756 e. The molecule has 0 aromatic rings. The molecule has 1 saturated heterocycles. The number of likely N-dealkylation sites (N-methyl/N-ethyl adjacent to an activating group) is 1. The molecule has 330 valence electrons. The molecule has 0 saturated carbocycles. The molecule has 11 heteroatoms. The van der Waals surface area contributed by atoms with E-state index in [0.29, 0.717) is 36.1 Å². The van der Waals surface area contributed by atoms with Crippen LogP contribution in [-0.2, 0) is 37.4 Å². The fourth-order valence-electron chi connectivity index (χ4n) is 6.08. The lowest BCUT2D eigenvalue weighted by molar-refractivity contribution is -0.870. The van der Waals surface area contributed by atoms with Crippen molar-refractivity contribution in [2.75, 3.05) is 47.5 Å². The first kappa shape index (κ1) is 52.9. The number of esters is 2. The molecule has 10 nitrogen and oxygen atoms in total. The van der Waals surface area contributed by atoms with E-state index in [1.807, 2.05) is 21.1 Å². The van der Waals surface area contributed by atoms with Crippen LogP contribution in [0.15, 0.2) is 48.6 Å². The predicted octanol–water partition coefficient (Wildman–Crippen LogP) is 11.0. The highest BCUT2D eigenvalue weighted by atomic mass is 31.2. The Morgan fingerprint density at radius 3 is 1.79 bits per heavy atom. The van der Waals surface area contributed by atoms with Crippen LogP contribution in [0, 0.1) is 0 Å². The highest BCUT2D eigenvalue weighted by Crippen LogP contribution is 2.38. The van der Waals surface area contributed by atoms with Gasteiger partial charge in [0.05, 0.1) is 40.0 Å². The summed E-state index contributed by atoms with van der Waals surface area (Å²) in [7, 11) is 1.13. The van der Waals surface area contributed by atoms with Crippen LogP contribution < -0.4 is 4.89 Å². The summed E-state index contributed by atoms with van der Waals surface area (Å²) < 4.78 is 39.6. The zero-order valence-corrected chi connectivity index (χ0v) is 37.6. The molecule has 1 fully saturated rings. The number of carbonyl (C=O) groups is 2. The summed E-state index contributed by atoms with van der Waals surface area (Å²) in [4.78, 5) is 37.6. The Labute approximate surface area is 348 Å². The van der Waals surface area contributed by atoms with Gasteiger partial charge in [0.15, 0.2) is 6.10 Å². The third kappa shape index (κ3) is 35.6. The van der Waals surface area contributed by atoms with Crippen molar-refractivity contribution in [2.45, 2.75) is 186 Å². The van der Waals surface area contributed by atoms with Gasteiger partial charge < -0.3 is 32.6 Å². The number of ether oxygens (including phenoxy) is 3. The van der Waals surface area contributed by atoms with Crippen LogP contribution in [0.3, 0.4) is 0 Å². The Balaban J connectivity index is 2.30. The first-order chi connectivity index (χ1) is 27.5. The fraction of sp³-hybridized carbons (Fsp3) is 0.783. The number of hydrogen-bond acceptors (Lipinski definition) is 9. The zero-order valence-electron chi connectivity index (χ0n) is 36.7. The standard InChI is InChI=1S/C46H82NO9P/c1-6-8-10-11-12-13-14-15-16-17-18-19-20-21-25-28-32-36-45(48)52-40-42(41-54-57(50,51)53-39-38-47(3,4)5)55-46(49)37-33-29-26-23-22-24-27-31-35-44-43(56-44)34-30-9-7-2/h12-13,15-16,18-19,27,31,42-44H,6-11,14,17,20-26,28-30,32-41H2,1-5H3/b13-12-,16-15-,19-18-,31-27-/t42-,43?,44?/m1/s1. The second-order valence-electron chi connectivity index (χ2n) is 16.4. The van der Waals surface area contributed by atoms with Crippen molar-refractivity contribution in [1.29, 1.82) is 0 Å². The van der Waals surface area contributed by atoms with Crippen molar-refractivity contribution in [2.24, 2.45) is 0 Å². The average molecular weight is 824 g/mol. The minimum atomic E-state index is -4.64. The molecule has 0 aromatic heterocycles. The Bertz CT molecular complexity index is 1180. The Morgan fingerprint density at radius 2 is 1.18 bits per heavy atom. The monoisotopic (exact) mass is 824 g/mol. The van der Waals surface area contributed by atoms with Crippen LogP contribution in [0.1, 0.15) is 168 Å². The van der Waals surface area contributed by atoms with E-state index < -0.39 is 32.5 Å². The second-order valence-corrected chi connectivity index (χ2v) is 17.9. The molecule has 0 N–H and O–H groups in total. The van der Waals surface area contributed by atoms with Crippen molar-refractivity contribution in [3.8, 4) is 0 Å². The van der Waals surface area contributed by atoms with Crippen LogP contribution in [-0.4, -0.2) is 82.2 Å². The maximum absolute atomic E-state index is 12.7. The molecule has 57 heavy (non-hydrogen) atoms. The molecule has 1 rings (SSSR count). The number of phosphoric acid groups is 1. The molecule has 0 aromatic carbocycles. The van der Waals surface area contributed by atoms with Gasteiger partial charge in [-0.3, -0.25) is 14.2 Å². The molecule has 1 heterocycles. The molecule has 1 aliphatic rings. The van der Waals surface area contributed by atoms with E-state index in [1.165, 1.54) is 51.4 Å². The van der Waals surface area contributed by atoms with Gasteiger partial charge >= 0.3 is 11.9 Å². The topological polar surface area (TPSA) is 124 Å². The normalized spacial score (nSPS) is 17.6. The van der Waals surface area contributed by atoms with Gasteiger partial charge in [-0.25, -0.2) is 0 Å². The number of unbranched alkanes of at least 4 members (excludes halogenated alkanes) is 14. The number of rotatable bonds is 39. The summed E-state index contributed by atoms with van der Waals surface area (Å²) in [6.07, 6.45) is 41.6. The number of allylic oxidation sites excluding steroid dienone is 7. The zero-order chi connectivity index (χ0) is 41.9.